The van der Waals surface area contributed by atoms with E-state index in [1.165, 1.54) is 27.8 Å². The summed E-state index contributed by atoms with van der Waals surface area (Å²) in [7, 11) is 1.97. The minimum Gasteiger partial charge on any atom is -0.313 e. The Hall–Kier alpha value is -1.71. The molecule has 3 rings (SSSR count). The SMILES string of the molecule is CNC(Cc1ccc(F)cc1)c1cccc2ccsc12. The van der Waals surface area contributed by atoms with Gasteiger partial charge in [-0.05, 0) is 53.6 Å². The largest absolute Gasteiger partial charge is 0.313 e. The Morgan fingerprint density at radius 1 is 1.10 bits per heavy atom. The van der Waals surface area contributed by atoms with E-state index in [4.69, 9.17) is 0 Å². The van der Waals surface area contributed by atoms with Gasteiger partial charge in [0.2, 0.25) is 0 Å². The molecule has 0 fully saturated rings. The van der Waals surface area contributed by atoms with Crippen molar-refractivity contribution >= 4 is 21.4 Å². The van der Waals surface area contributed by atoms with Crippen LogP contribution < -0.4 is 5.32 Å². The van der Waals surface area contributed by atoms with Gasteiger partial charge in [0.25, 0.3) is 0 Å². The van der Waals surface area contributed by atoms with Crippen LogP contribution in [0.25, 0.3) is 10.1 Å². The van der Waals surface area contributed by atoms with Crippen molar-refractivity contribution in [3.8, 4) is 0 Å². The maximum absolute atomic E-state index is 13.0. The van der Waals surface area contributed by atoms with Crippen LogP contribution >= 0.6 is 11.3 Å². The lowest BCUT2D eigenvalue weighted by atomic mass is 9.98. The third kappa shape index (κ3) is 2.60. The van der Waals surface area contributed by atoms with Crippen LogP contribution in [-0.2, 0) is 6.42 Å². The van der Waals surface area contributed by atoms with Crippen LogP contribution in [-0.4, -0.2) is 7.05 Å². The second kappa shape index (κ2) is 5.73. The van der Waals surface area contributed by atoms with E-state index in [2.05, 4.69) is 35.0 Å². The minimum atomic E-state index is -0.185. The lowest BCUT2D eigenvalue weighted by Crippen LogP contribution is -2.18. The first-order chi connectivity index (χ1) is 9.78. The van der Waals surface area contributed by atoms with Crippen molar-refractivity contribution in [3.05, 3.63) is 70.9 Å². The second-order valence-corrected chi connectivity index (χ2v) is 5.77. The Morgan fingerprint density at radius 3 is 2.65 bits per heavy atom. The Balaban J connectivity index is 1.93. The van der Waals surface area contributed by atoms with Crippen LogP contribution in [0.3, 0.4) is 0 Å². The van der Waals surface area contributed by atoms with Crippen LogP contribution in [0.1, 0.15) is 17.2 Å². The first kappa shape index (κ1) is 13.3. The van der Waals surface area contributed by atoms with Crippen molar-refractivity contribution in [1.29, 1.82) is 0 Å². The topological polar surface area (TPSA) is 12.0 Å². The summed E-state index contributed by atoms with van der Waals surface area (Å²) in [5.74, 6) is -0.185. The lowest BCUT2D eigenvalue weighted by Gasteiger charge is -2.17. The molecule has 1 nitrogen and oxygen atoms in total. The monoisotopic (exact) mass is 285 g/mol. The Kier molecular flexibility index (Phi) is 3.81. The summed E-state index contributed by atoms with van der Waals surface area (Å²) < 4.78 is 14.3. The van der Waals surface area contributed by atoms with Crippen molar-refractivity contribution in [3.63, 3.8) is 0 Å². The molecule has 1 N–H and O–H groups in total. The van der Waals surface area contributed by atoms with Gasteiger partial charge >= 0.3 is 0 Å². The summed E-state index contributed by atoms with van der Waals surface area (Å²) in [6.45, 7) is 0. The number of benzene rings is 2. The molecule has 0 aliphatic rings. The summed E-state index contributed by atoms with van der Waals surface area (Å²) in [6.07, 6.45) is 0.855. The molecule has 20 heavy (non-hydrogen) atoms. The van der Waals surface area contributed by atoms with Gasteiger partial charge in [-0.2, -0.15) is 0 Å². The van der Waals surface area contributed by atoms with Crippen LogP contribution in [0.4, 0.5) is 4.39 Å². The first-order valence-corrected chi connectivity index (χ1v) is 7.54. The molecule has 2 aromatic carbocycles. The molecule has 0 radical (unpaired) electrons. The van der Waals surface area contributed by atoms with Crippen LogP contribution in [0, 0.1) is 5.82 Å². The molecule has 0 saturated heterocycles. The molecule has 1 heterocycles. The third-order valence-electron chi connectivity index (χ3n) is 3.59. The molecule has 1 unspecified atom stereocenters. The number of rotatable bonds is 4. The normalized spacial score (nSPS) is 12.7. The lowest BCUT2D eigenvalue weighted by molar-refractivity contribution is 0.593. The zero-order chi connectivity index (χ0) is 13.9. The zero-order valence-electron chi connectivity index (χ0n) is 11.3. The van der Waals surface area contributed by atoms with Crippen molar-refractivity contribution in [1.82, 2.24) is 5.32 Å². The van der Waals surface area contributed by atoms with Crippen LogP contribution in [0.15, 0.2) is 53.9 Å². The van der Waals surface area contributed by atoms with Crippen LogP contribution in [0.2, 0.25) is 0 Å². The van der Waals surface area contributed by atoms with Crippen molar-refractivity contribution < 1.29 is 4.39 Å². The van der Waals surface area contributed by atoms with E-state index in [9.17, 15) is 4.39 Å². The van der Waals surface area contributed by atoms with E-state index in [-0.39, 0.29) is 11.9 Å². The Morgan fingerprint density at radius 2 is 1.90 bits per heavy atom. The molecule has 0 aliphatic carbocycles. The number of fused-ring (bicyclic) bond motifs is 1. The van der Waals surface area contributed by atoms with Gasteiger partial charge in [-0.15, -0.1) is 11.3 Å². The number of nitrogens with one attached hydrogen (secondary N) is 1. The zero-order valence-corrected chi connectivity index (χ0v) is 12.1. The van der Waals surface area contributed by atoms with E-state index in [1.807, 2.05) is 19.2 Å². The fourth-order valence-corrected chi connectivity index (χ4v) is 3.48. The molecule has 0 aliphatic heterocycles. The highest BCUT2D eigenvalue weighted by Gasteiger charge is 2.14. The van der Waals surface area contributed by atoms with E-state index in [1.54, 1.807) is 11.3 Å². The summed E-state index contributed by atoms with van der Waals surface area (Å²) in [4.78, 5) is 0. The Labute approximate surface area is 122 Å². The minimum absolute atomic E-state index is 0.185. The third-order valence-corrected chi connectivity index (χ3v) is 4.57. The summed E-state index contributed by atoms with van der Waals surface area (Å²) in [6, 6.07) is 15.5. The highest BCUT2D eigenvalue weighted by molar-refractivity contribution is 7.17. The van der Waals surface area contributed by atoms with Gasteiger partial charge in [0, 0.05) is 10.7 Å². The number of likely N-dealkylation sites (N-methyl/N-ethyl adjacent to an activating group) is 1. The fraction of sp³-hybridized carbons (Fsp3) is 0.176. The summed E-state index contributed by atoms with van der Waals surface area (Å²) in [5.41, 5.74) is 2.45. The Bertz CT molecular complexity index is 702. The van der Waals surface area contributed by atoms with E-state index < -0.39 is 0 Å². The molecule has 3 aromatic rings. The van der Waals surface area contributed by atoms with Gasteiger partial charge in [0.15, 0.2) is 0 Å². The predicted molar refractivity (Wildman–Crippen MR) is 83.7 cm³/mol. The quantitative estimate of drug-likeness (QED) is 0.742. The molecule has 1 aromatic heterocycles. The average molecular weight is 285 g/mol. The highest BCUT2D eigenvalue weighted by Crippen LogP contribution is 2.30. The molecule has 0 bridgehead atoms. The fourth-order valence-electron chi connectivity index (χ4n) is 2.51. The maximum atomic E-state index is 13.0. The van der Waals surface area contributed by atoms with Crippen molar-refractivity contribution in [2.24, 2.45) is 0 Å². The molecule has 102 valence electrons. The molecular formula is C17H16FNS. The average Bonchev–Trinajstić information content (AvgIpc) is 2.95. The van der Waals surface area contributed by atoms with Crippen molar-refractivity contribution in [2.75, 3.05) is 7.05 Å². The standard InChI is InChI=1S/C17H16FNS/c1-19-16(11-12-5-7-14(18)8-6-12)15-4-2-3-13-9-10-20-17(13)15/h2-10,16,19H,11H2,1H3. The van der Waals surface area contributed by atoms with Gasteiger partial charge < -0.3 is 5.32 Å². The number of hydrogen-bond acceptors (Lipinski definition) is 2. The first-order valence-electron chi connectivity index (χ1n) is 6.66. The molecule has 0 saturated carbocycles. The molecule has 0 spiro atoms. The van der Waals surface area contributed by atoms with Gasteiger partial charge in [-0.25, -0.2) is 4.39 Å². The highest BCUT2D eigenvalue weighted by atomic mass is 32.1. The number of thiophene rings is 1. The predicted octanol–water partition coefficient (Wildman–Crippen LogP) is 4.54. The number of hydrogen-bond donors (Lipinski definition) is 1. The molecule has 0 amide bonds. The smallest absolute Gasteiger partial charge is 0.123 e. The van der Waals surface area contributed by atoms with Gasteiger partial charge in [0.1, 0.15) is 5.82 Å². The number of halogens is 1. The van der Waals surface area contributed by atoms with Crippen molar-refractivity contribution in [2.45, 2.75) is 12.5 Å². The molecular weight excluding hydrogens is 269 g/mol. The molecule has 1 atom stereocenters. The second-order valence-electron chi connectivity index (χ2n) is 4.86. The molecule has 3 heteroatoms. The van der Waals surface area contributed by atoms with Gasteiger partial charge in [-0.3, -0.25) is 0 Å². The van der Waals surface area contributed by atoms with Crippen LogP contribution in [0.5, 0.6) is 0 Å². The van der Waals surface area contributed by atoms with Gasteiger partial charge in [-0.1, -0.05) is 30.3 Å². The van der Waals surface area contributed by atoms with E-state index in [0.717, 1.165) is 12.0 Å². The van der Waals surface area contributed by atoms with E-state index >= 15 is 0 Å². The van der Waals surface area contributed by atoms with E-state index in [0.29, 0.717) is 0 Å². The summed E-state index contributed by atoms with van der Waals surface area (Å²) >= 11 is 1.77. The van der Waals surface area contributed by atoms with Gasteiger partial charge in [0.05, 0.1) is 0 Å². The maximum Gasteiger partial charge on any atom is 0.123 e. The summed E-state index contributed by atoms with van der Waals surface area (Å²) in [5, 5.41) is 6.78.